The van der Waals surface area contributed by atoms with Crippen LogP contribution >= 0.6 is 11.8 Å². The third-order valence-electron chi connectivity index (χ3n) is 7.87. The van der Waals surface area contributed by atoms with Gasteiger partial charge in [0.05, 0.1) is 0 Å². The molecule has 2 N–H and O–H groups in total. The number of nitrogens with zero attached hydrogens (tertiary/aromatic N) is 1. The summed E-state index contributed by atoms with van der Waals surface area (Å²) in [5.74, 6) is 4.62. The topological polar surface area (TPSA) is 76.4 Å². The molecule has 0 saturated heterocycles. The summed E-state index contributed by atoms with van der Waals surface area (Å²) in [7, 11) is 0. The van der Waals surface area contributed by atoms with E-state index < -0.39 is 0 Å². The normalized spacial score (nSPS) is 29.6. The highest BCUT2D eigenvalue weighted by Crippen LogP contribution is 2.53. The summed E-state index contributed by atoms with van der Waals surface area (Å²) in [4.78, 5) is 14.1. The lowest BCUT2D eigenvalue weighted by molar-refractivity contribution is -0.0124. The lowest BCUT2D eigenvalue weighted by Gasteiger charge is -2.54. The van der Waals surface area contributed by atoms with Crippen LogP contribution in [0.25, 0.3) is 0 Å². The minimum Gasteiger partial charge on any atom is -0.470 e. The Morgan fingerprint density at radius 3 is 2.67 bits per heavy atom. The molecule has 0 unspecified atom stereocenters. The van der Waals surface area contributed by atoms with E-state index in [0.29, 0.717) is 30.1 Å². The van der Waals surface area contributed by atoms with Crippen molar-refractivity contribution in [2.45, 2.75) is 75.6 Å². The van der Waals surface area contributed by atoms with Gasteiger partial charge in [-0.1, -0.05) is 32.3 Å². The molecule has 6 nitrogen and oxygen atoms in total. The van der Waals surface area contributed by atoms with E-state index in [1.54, 1.807) is 11.8 Å². The highest BCUT2D eigenvalue weighted by atomic mass is 32.2. The fraction of sp³-hybridized carbons (Fsp3) is 0.692. The molecule has 0 radical (unpaired) electrons. The van der Waals surface area contributed by atoms with Gasteiger partial charge in [0, 0.05) is 12.6 Å². The van der Waals surface area contributed by atoms with Gasteiger partial charge in [-0.15, -0.1) is 11.8 Å². The summed E-state index contributed by atoms with van der Waals surface area (Å²) >= 11 is 1.64. The van der Waals surface area contributed by atoms with Crippen LogP contribution in [-0.4, -0.2) is 36.0 Å². The smallest absolute Gasteiger partial charge is 0.291 e. The van der Waals surface area contributed by atoms with Gasteiger partial charge in [-0.3, -0.25) is 4.79 Å². The molecule has 4 aliphatic carbocycles. The maximum atomic E-state index is 13.4. The average molecular weight is 472 g/mol. The largest absolute Gasteiger partial charge is 0.470 e. The number of unbranched alkanes of at least 4 members (excludes halogenated alkanes) is 3. The predicted octanol–water partition coefficient (Wildman–Crippen LogP) is 5.32. The van der Waals surface area contributed by atoms with Crippen LogP contribution in [0, 0.1) is 23.7 Å². The lowest BCUT2D eigenvalue weighted by Crippen LogP contribution is -2.55. The first kappa shape index (κ1) is 22.9. The van der Waals surface area contributed by atoms with Gasteiger partial charge in [0.2, 0.25) is 5.76 Å². The van der Waals surface area contributed by atoms with Crippen molar-refractivity contribution >= 4 is 17.7 Å². The number of dihydropyridines is 1. The Bertz CT molecular complexity index is 865. The zero-order chi connectivity index (χ0) is 22.6. The van der Waals surface area contributed by atoms with E-state index in [9.17, 15) is 4.79 Å². The highest BCUT2D eigenvalue weighted by Gasteiger charge is 2.49. The van der Waals surface area contributed by atoms with Crippen molar-refractivity contribution in [1.29, 1.82) is 0 Å². The molecular formula is C26H37N3O3S. The van der Waals surface area contributed by atoms with Gasteiger partial charge in [0.1, 0.15) is 11.5 Å². The number of aromatic nitrogens is 1. The first-order valence-electron chi connectivity index (χ1n) is 12.9. The van der Waals surface area contributed by atoms with Crippen LogP contribution in [-0.2, 0) is 0 Å². The Labute approximate surface area is 201 Å². The van der Waals surface area contributed by atoms with E-state index in [2.05, 4.69) is 28.8 Å². The quantitative estimate of drug-likeness (QED) is 0.336. The van der Waals surface area contributed by atoms with Crippen molar-refractivity contribution in [1.82, 2.24) is 15.8 Å². The van der Waals surface area contributed by atoms with Gasteiger partial charge < -0.3 is 19.9 Å². The van der Waals surface area contributed by atoms with Crippen LogP contribution in [0.1, 0.15) is 75.3 Å². The second-order valence-electron chi connectivity index (χ2n) is 10.3. The van der Waals surface area contributed by atoms with E-state index in [0.717, 1.165) is 41.0 Å². The van der Waals surface area contributed by atoms with Crippen molar-refractivity contribution in [3.63, 3.8) is 0 Å². The summed E-state index contributed by atoms with van der Waals surface area (Å²) in [6.45, 7) is 3.44. The molecule has 4 fully saturated rings. The molecule has 0 atom stereocenters. The highest BCUT2D eigenvalue weighted by molar-refractivity contribution is 7.99. The molecule has 6 rings (SSSR count). The minimum atomic E-state index is -0.119. The molecule has 5 aliphatic rings. The SMILES string of the molecule is CCCCCCSc1c(OCC2=CCNC=C2)noc1C(=O)NC1C2CC3CC(C2)CC1C3. The first-order chi connectivity index (χ1) is 16.2. The monoisotopic (exact) mass is 471 g/mol. The molecule has 1 amide bonds. The number of hydrogen-bond acceptors (Lipinski definition) is 6. The van der Waals surface area contributed by atoms with Gasteiger partial charge in [0.25, 0.3) is 11.8 Å². The van der Waals surface area contributed by atoms with Gasteiger partial charge in [-0.2, -0.15) is 0 Å². The second kappa shape index (κ2) is 10.6. The number of ether oxygens (including phenoxy) is 1. The number of hydrogen-bond donors (Lipinski definition) is 2. The van der Waals surface area contributed by atoms with Gasteiger partial charge in [-0.05, 0) is 91.0 Å². The Balaban J connectivity index is 1.26. The van der Waals surface area contributed by atoms with Crippen molar-refractivity contribution in [2.24, 2.45) is 23.7 Å². The zero-order valence-electron chi connectivity index (χ0n) is 19.7. The summed E-state index contributed by atoms with van der Waals surface area (Å²) in [6.07, 6.45) is 17.3. The average Bonchev–Trinajstić information content (AvgIpc) is 3.23. The molecule has 4 bridgehead atoms. The molecule has 1 aromatic heterocycles. The number of amides is 1. The fourth-order valence-electron chi connectivity index (χ4n) is 6.46. The molecule has 180 valence electrons. The number of thioether (sulfide) groups is 1. The molecule has 4 saturated carbocycles. The van der Waals surface area contributed by atoms with E-state index in [1.165, 1.54) is 51.4 Å². The Hall–Kier alpha value is -1.89. The molecule has 1 aromatic rings. The van der Waals surface area contributed by atoms with E-state index in [4.69, 9.17) is 9.26 Å². The molecule has 1 aliphatic heterocycles. The van der Waals surface area contributed by atoms with Gasteiger partial charge >= 0.3 is 0 Å². The van der Waals surface area contributed by atoms with Crippen LogP contribution in [0.5, 0.6) is 5.88 Å². The summed E-state index contributed by atoms with van der Waals surface area (Å²) in [5, 5.41) is 10.7. The Morgan fingerprint density at radius 2 is 1.97 bits per heavy atom. The third kappa shape index (κ3) is 5.28. The number of carbonyl (C=O) groups is 1. The second-order valence-corrected chi connectivity index (χ2v) is 11.4. The lowest BCUT2D eigenvalue weighted by atomic mass is 9.54. The fourth-order valence-corrected chi connectivity index (χ4v) is 7.50. The Kier molecular flexibility index (Phi) is 7.34. The van der Waals surface area contributed by atoms with E-state index in [-0.39, 0.29) is 11.9 Å². The standard InChI is InChI=1S/C26H37N3O3S/c1-2-3-4-5-10-33-24-23(32-29-26(24)31-16-17-6-8-27-9-7-17)25(30)28-22-20-12-18-11-19(14-20)15-21(22)13-18/h6-8,18-22,27H,2-5,9-16H2,1H3,(H,28,30). The maximum absolute atomic E-state index is 13.4. The third-order valence-corrected chi connectivity index (χ3v) is 9.01. The van der Waals surface area contributed by atoms with Crippen molar-refractivity contribution < 1.29 is 14.1 Å². The van der Waals surface area contributed by atoms with Gasteiger partial charge in [-0.25, -0.2) is 0 Å². The molecule has 7 heteroatoms. The summed E-state index contributed by atoms with van der Waals surface area (Å²) in [6, 6.07) is 0.284. The zero-order valence-corrected chi connectivity index (χ0v) is 20.5. The summed E-state index contributed by atoms with van der Waals surface area (Å²) < 4.78 is 11.6. The molecule has 2 heterocycles. The van der Waals surface area contributed by atoms with Crippen LogP contribution in [0.2, 0.25) is 0 Å². The minimum absolute atomic E-state index is 0.119. The summed E-state index contributed by atoms with van der Waals surface area (Å²) in [5.41, 5.74) is 1.09. The van der Waals surface area contributed by atoms with Crippen LogP contribution in [0.15, 0.2) is 33.3 Å². The van der Waals surface area contributed by atoms with Crippen molar-refractivity contribution in [3.05, 3.63) is 29.7 Å². The predicted molar refractivity (Wildman–Crippen MR) is 130 cm³/mol. The Morgan fingerprint density at radius 1 is 1.18 bits per heavy atom. The maximum Gasteiger partial charge on any atom is 0.291 e. The number of rotatable bonds is 11. The van der Waals surface area contributed by atoms with E-state index >= 15 is 0 Å². The van der Waals surface area contributed by atoms with Gasteiger partial charge in [0.15, 0.2) is 0 Å². The molecular weight excluding hydrogens is 434 g/mol. The van der Waals surface area contributed by atoms with Crippen LogP contribution in [0.4, 0.5) is 0 Å². The molecule has 0 spiro atoms. The molecule has 33 heavy (non-hydrogen) atoms. The number of nitrogens with one attached hydrogen (secondary N) is 2. The molecule has 0 aromatic carbocycles. The van der Waals surface area contributed by atoms with Crippen LogP contribution in [0.3, 0.4) is 0 Å². The van der Waals surface area contributed by atoms with E-state index in [1.807, 2.05) is 12.3 Å². The van der Waals surface area contributed by atoms with Crippen molar-refractivity contribution in [2.75, 3.05) is 18.9 Å². The van der Waals surface area contributed by atoms with Crippen LogP contribution < -0.4 is 15.4 Å². The number of carbonyl (C=O) groups excluding carboxylic acids is 1. The first-order valence-corrected chi connectivity index (χ1v) is 13.8. The van der Waals surface area contributed by atoms with Crippen molar-refractivity contribution in [3.8, 4) is 5.88 Å².